The summed E-state index contributed by atoms with van der Waals surface area (Å²) in [5, 5.41) is 7.42. The summed E-state index contributed by atoms with van der Waals surface area (Å²) in [5.41, 5.74) is 1.69. The Hall–Kier alpha value is -1.95. The lowest BCUT2D eigenvalue weighted by Crippen LogP contribution is -1.94. The maximum atomic E-state index is 4.34. The number of benzene rings is 1. The van der Waals surface area contributed by atoms with Crippen LogP contribution in [0, 0.1) is 0 Å². The molecule has 3 aromatic rings. The first-order chi connectivity index (χ1) is 8.33. The lowest BCUT2D eigenvalue weighted by atomic mass is 10.3. The summed E-state index contributed by atoms with van der Waals surface area (Å²) in [7, 11) is 0. The first-order valence-corrected chi connectivity index (χ1v) is 5.81. The predicted molar refractivity (Wildman–Crippen MR) is 68.2 cm³/mol. The van der Waals surface area contributed by atoms with Crippen LogP contribution in [0.1, 0.15) is 0 Å². The van der Waals surface area contributed by atoms with Crippen LogP contribution < -0.4 is 5.32 Å². The number of nitrogens with zero attached hydrogens (tertiary/aromatic N) is 4. The van der Waals surface area contributed by atoms with Crippen molar-refractivity contribution in [3.63, 3.8) is 0 Å². The lowest BCUT2D eigenvalue weighted by Gasteiger charge is -1.98. The van der Waals surface area contributed by atoms with Crippen LogP contribution in [0.2, 0.25) is 0 Å². The van der Waals surface area contributed by atoms with E-state index in [1.165, 1.54) is 0 Å². The Morgan fingerprint density at radius 2 is 1.94 bits per heavy atom. The predicted octanol–water partition coefficient (Wildman–Crippen LogP) is 2.63. The topological polar surface area (TPSA) is 55.1 Å². The molecule has 6 heteroatoms. The van der Waals surface area contributed by atoms with Crippen molar-refractivity contribution in [2.75, 3.05) is 5.32 Å². The quantitative estimate of drug-likeness (QED) is 0.737. The molecule has 0 saturated carbocycles. The smallest absolute Gasteiger partial charge is 0.247 e. The summed E-state index contributed by atoms with van der Waals surface area (Å²) >= 11 is 3.32. The van der Waals surface area contributed by atoms with E-state index < -0.39 is 0 Å². The molecule has 0 aliphatic carbocycles. The fourth-order valence-corrected chi connectivity index (χ4v) is 1.87. The number of nitrogens with one attached hydrogen (secondary N) is 1. The molecule has 1 aromatic carbocycles. The normalized spacial score (nSPS) is 10.6. The standard InChI is InChI=1S/C11H8BrN5/c12-10-13-7-6-9-15-11(16-17(9)10)14-8-4-2-1-3-5-8/h1-7H,(H,14,16). The Labute approximate surface area is 106 Å². The molecular weight excluding hydrogens is 282 g/mol. The van der Waals surface area contributed by atoms with Crippen LogP contribution >= 0.6 is 15.9 Å². The second-order valence-electron chi connectivity index (χ2n) is 3.41. The van der Waals surface area contributed by atoms with Crippen molar-refractivity contribution < 1.29 is 0 Å². The van der Waals surface area contributed by atoms with Gasteiger partial charge in [0, 0.05) is 18.0 Å². The lowest BCUT2D eigenvalue weighted by molar-refractivity contribution is 0.891. The van der Waals surface area contributed by atoms with E-state index in [9.17, 15) is 0 Å². The van der Waals surface area contributed by atoms with Crippen molar-refractivity contribution in [3.05, 3.63) is 47.3 Å². The van der Waals surface area contributed by atoms with Gasteiger partial charge in [0.15, 0.2) is 10.4 Å². The van der Waals surface area contributed by atoms with Gasteiger partial charge in [-0.15, -0.1) is 5.10 Å². The molecular formula is C11H8BrN5. The Morgan fingerprint density at radius 1 is 1.12 bits per heavy atom. The van der Waals surface area contributed by atoms with Gasteiger partial charge in [0.2, 0.25) is 5.95 Å². The molecule has 2 heterocycles. The van der Waals surface area contributed by atoms with E-state index in [0.717, 1.165) is 11.3 Å². The molecule has 2 aromatic heterocycles. The van der Waals surface area contributed by atoms with Crippen LogP contribution in [-0.4, -0.2) is 19.6 Å². The summed E-state index contributed by atoms with van der Waals surface area (Å²) < 4.78 is 2.26. The van der Waals surface area contributed by atoms with Crippen molar-refractivity contribution in [1.29, 1.82) is 0 Å². The molecule has 84 valence electrons. The molecule has 0 spiro atoms. The van der Waals surface area contributed by atoms with E-state index >= 15 is 0 Å². The number of aromatic nitrogens is 4. The summed E-state index contributed by atoms with van der Waals surface area (Å²) in [6.07, 6.45) is 1.68. The van der Waals surface area contributed by atoms with Crippen molar-refractivity contribution in [2.24, 2.45) is 0 Å². The van der Waals surface area contributed by atoms with Crippen LogP contribution in [0.25, 0.3) is 5.65 Å². The molecule has 3 rings (SSSR count). The Morgan fingerprint density at radius 3 is 2.71 bits per heavy atom. The number of para-hydroxylation sites is 1. The van der Waals surface area contributed by atoms with E-state index in [1.54, 1.807) is 16.8 Å². The van der Waals surface area contributed by atoms with Crippen LogP contribution in [0.15, 0.2) is 47.3 Å². The molecule has 5 nitrogen and oxygen atoms in total. The zero-order chi connectivity index (χ0) is 11.7. The van der Waals surface area contributed by atoms with E-state index in [4.69, 9.17) is 0 Å². The molecule has 0 aliphatic rings. The minimum atomic E-state index is 0.546. The third-order valence-electron chi connectivity index (χ3n) is 2.24. The molecule has 0 aliphatic heterocycles. The van der Waals surface area contributed by atoms with E-state index in [1.807, 2.05) is 30.3 Å². The van der Waals surface area contributed by atoms with Gasteiger partial charge in [-0.1, -0.05) is 18.2 Å². The SMILES string of the molecule is Brc1nccc2nc(Nc3ccccc3)nn12. The Kier molecular flexibility index (Phi) is 2.49. The molecule has 0 saturated heterocycles. The molecule has 0 atom stereocenters. The second kappa shape index (κ2) is 4.14. The molecule has 1 N–H and O–H groups in total. The number of fused-ring (bicyclic) bond motifs is 1. The highest BCUT2D eigenvalue weighted by molar-refractivity contribution is 9.10. The van der Waals surface area contributed by atoms with Gasteiger partial charge < -0.3 is 5.32 Å². The summed E-state index contributed by atoms with van der Waals surface area (Å²) in [5.74, 6) is 0.546. The van der Waals surface area contributed by atoms with Gasteiger partial charge in [-0.05, 0) is 28.1 Å². The second-order valence-corrected chi connectivity index (χ2v) is 4.12. The van der Waals surface area contributed by atoms with Crippen molar-refractivity contribution in [3.8, 4) is 0 Å². The van der Waals surface area contributed by atoms with E-state index in [-0.39, 0.29) is 0 Å². The van der Waals surface area contributed by atoms with Crippen molar-refractivity contribution >= 4 is 33.2 Å². The van der Waals surface area contributed by atoms with Gasteiger partial charge in [0.1, 0.15) is 0 Å². The van der Waals surface area contributed by atoms with E-state index in [2.05, 4.69) is 36.3 Å². The summed E-state index contributed by atoms with van der Waals surface area (Å²) in [6.45, 7) is 0. The highest BCUT2D eigenvalue weighted by atomic mass is 79.9. The van der Waals surface area contributed by atoms with Gasteiger partial charge in [-0.25, -0.2) is 4.98 Å². The van der Waals surface area contributed by atoms with Crippen molar-refractivity contribution in [1.82, 2.24) is 19.6 Å². The first kappa shape index (κ1) is 10.2. The third-order valence-corrected chi connectivity index (χ3v) is 2.78. The monoisotopic (exact) mass is 289 g/mol. The molecule has 0 radical (unpaired) electrons. The first-order valence-electron chi connectivity index (χ1n) is 5.02. The van der Waals surface area contributed by atoms with Crippen LogP contribution in [0.3, 0.4) is 0 Å². The van der Waals surface area contributed by atoms with Gasteiger partial charge >= 0.3 is 0 Å². The molecule has 0 amide bonds. The minimum Gasteiger partial charge on any atom is -0.323 e. The van der Waals surface area contributed by atoms with Crippen LogP contribution in [0.5, 0.6) is 0 Å². The number of anilines is 2. The van der Waals surface area contributed by atoms with Gasteiger partial charge in [-0.2, -0.15) is 9.50 Å². The molecule has 0 bridgehead atoms. The maximum Gasteiger partial charge on any atom is 0.247 e. The largest absolute Gasteiger partial charge is 0.323 e. The number of halogens is 1. The zero-order valence-electron chi connectivity index (χ0n) is 8.71. The number of rotatable bonds is 2. The average Bonchev–Trinajstić information content (AvgIpc) is 2.74. The van der Waals surface area contributed by atoms with Crippen LogP contribution in [0.4, 0.5) is 11.6 Å². The van der Waals surface area contributed by atoms with Gasteiger partial charge in [0.05, 0.1) is 0 Å². The molecule has 17 heavy (non-hydrogen) atoms. The minimum absolute atomic E-state index is 0.546. The van der Waals surface area contributed by atoms with Crippen LogP contribution in [-0.2, 0) is 0 Å². The highest BCUT2D eigenvalue weighted by Gasteiger charge is 2.05. The fourth-order valence-electron chi connectivity index (χ4n) is 1.49. The fraction of sp³-hybridized carbons (Fsp3) is 0. The third kappa shape index (κ3) is 1.99. The molecule has 0 fully saturated rings. The van der Waals surface area contributed by atoms with Gasteiger partial charge in [-0.3, -0.25) is 0 Å². The average molecular weight is 290 g/mol. The Bertz CT molecular complexity index is 649. The highest BCUT2D eigenvalue weighted by Crippen LogP contribution is 2.15. The number of hydrogen-bond acceptors (Lipinski definition) is 4. The van der Waals surface area contributed by atoms with Gasteiger partial charge in [0.25, 0.3) is 0 Å². The van der Waals surface area contributed by atoms with E-state index in [0.29, 0.717) is 10.7 Å². The number of hydrogen-bond donors (Lipinski definition) is 1. The summed E-state index contributed by atoms with van der Waals surface area (Å²) in [6, 6.07) is 11.6. The molecule has 0 unspecified atom stereocenters. The maximum absolute atomic E-state index is 4.34. The summed E-state index contributed by atoms with van der Waals surface area (Å²) in [4.78, 5) is 8.42. The van der Waals surface area contributed by atoms with Crippen molar-refractivity contribution in [2.45, 2.75) is 0 Å². The Balaban J connectivity index is 1.99. The zero-order valence-corrected chi connectivity index (χ0v) is 10.3.